The molecule has 2 fully saturated rings. The fourth-order valence-corrected chi connectivity index (χ4v) is 5.23. The standard InChI is InChI=1S/C29H36N2O4/c1-2-35-29(34)25-15-9-17-30(21-25)27(32)19-23-12-8-16-26(18-23)31(20-22-10-4-3-5-11-22)28(33)24-13-6-7-14-24/h3-5,8,10-12,16,18,24-25H,2,6-7,9,13-15,17,19-21H2,1H3/t25-/m0/s1. The zero-order chi connectivity index (χ0) is 24.6. The summed E-state index contributed by atoms with van der Waals surface area (Å²) in [6.45, 7) is 3.75. The van der Waals surface area contributed by atoms with Crippen LogP contribution in [0.1, 0.15) is 56.6 Å². The molecule has 6 nitrogen and oxygen atoms in total. The van der Waals surface area contributed by atoms with E-state index in [4.69, 9.17) is 4.74 Å². The fourth-order valence-electron chi connectivity index (χ4n) is 5.23. The van der Waals surface area contributed by atoms with E-state index in [2.05, 4.69) is 0 Å². The Balaban J connectivity index is 1.48. The Morgan fingerprint density at radius 3 is 2.37 bits per heavy atom. The zero-order valence-electron chi connectivity index (χ0n) is 20.7. The Hall–Kier alpha value is -3.15. The highest BCUT2D eigenvalue weighted by Crippen LogP contribution is 2.30. The molecule has 1 saturated carbocycles. The third kappa shape index (κ3) is 6.50. The lowest BCUT2D eigenvalue weighted by Gasteiger charge is -2.31. The monoisotopic (exact) mass is 476 g/mol. The van der Waals surface area contributed by atoms with Crippen molar-refractivity contribution in [1.29, 1.82) is 0 Å². The van der Waals surface area contributed by atoms with Crippen molar-refractivity contribution in [1.82, 2.24) is 4.90 Å². The van der Waals surface area contributed by atoms with Crippen LogP contribution >= 0.6 is 0 Å². The third-order valence-electron chi connectivity index (χ3n) is 7.13. The normalized spacial score (nSPS) is 18.3. The Morgan fingerprint density at radius 1 is 0.914 bits per heavy atom. The Morgan fingerprint density at radius 2 is 1.63 bits per heavy atom. The van der Waals surface area contributed by atoms with Gasteiger partial charge in [-0.2, -0.15) is 0 Å². The predicted molar refractivity (Wildman–Crippen MR) is 136 cm³/mol. The molecule has 1 saturated heterocycles. The molecular weight excluding hydrogens is 440 g/mol. The molecule has 2 aliphatic rings. The summed E-state index contributed by atoms with van der Waals surface area (Å²) < 4.78 is 5.17. The topological polar surface area (TPSA) is 66.9 Å². The number of benzene rings is 2. The Kier molecular flexibility index (Phi) is 8.56. The number of nitrogens with zero attached hydrogens (tertiary/aromatic N) is 2. The SMILES string of the molecule is CCOC(=O)[C@H]1CCCN(C(=O)Cc2cccc(N(Cc3ccccc3)C(=O)C3CCCC3)c2)C1. The highest BCUT2D eigenvalue weighted by molar-refractivity contribution is 5.95. The van der Waals surface area contributed by atoms with E-state index in [-0.39, 0.29) is 36.0 Å². The van der Waals surface area contributed by atoms with Crippen molar-refractivity contribution in [2.45, 2.75) is 58.4 Å². The number of esters is 1. The fraction of sp³-hybridized carbons (Fsp3) is 0.483. The Labute approximate surface area is 208 Å². The molecule has 1 aliphatic heterocycles. The average molecular weight is 477 g/mol. The van der Waals surface area contributed by atoms with Crippen LogP contribution in [0.2, 0.25) is 0 Å². The second kappa shape index (κ2) is 12.0. The lowest BCUT2D eigenvalue weighted by Crippen LogP contribution is -2.43. The van der Waals surface area contributed by atoms with Gasteiger partial charge in [0.15, 0.2) is 0 Å². The van der Waals surface area contributed by atoms with E-state index in [1.165, 1.54) is 0 Å². The molecule has 0 radical (unpaired) electrons. The van der Waals surface area contributed by atoms with Gasteiger partial charge in [-0.25, -0.2) is 0 Å². The number of likely N-dealkylation sites (tertiary alicyclic amines) is 1. The minimum atomic E-state index is -0.246. The van der Waals surface area contributed by atoms with Crippen molar-refractivity contribution in [2.75, 3.05) is 24.6 Å². The van der Waals surface area contributed by atoms with Gasteiger partial charge in [-0.1, -0.05) is 55.3 Å². The first kappa shape index (κ1) is 25.0. The van der Waals surface area contributed by atoms with Crippen LogP contribution in [0.5, 0.6) is 0 Å². The molecule has 2 aromatic carbocycles. The van der Waals surface area contributed by atoms with Gasteiger partial charge in [0, 0.05) is 24.7 Å². The molecule has 4 rings (SSSR count). The van der Waals surface area contributed by atoms with Crippen molar-refractivity contribution < 1.29 is 19.1 Å². The molecule has 0 spiro atoms. The van der Waals surface area contributed by atoms with Gasteiger partial charge in [0.1, 0.15) is 0 Å². The average Bonchev–Trinajstić information content (AvgIpc) is 3.43. The number of carbonyl (C=O) groups excluding carboxylic acids is 3. The molecule has 35 heavy (non-hydrogen) atoms. The van der Waals surface area contributed by atoms with E-state index in [1.807, 2.05) is 59.5 Å². The van der Waals surface area contributed by atoms with Crippen molar-refractivity contribution in [3.63, 3.8) is 0 Å². The van der Waals surface area contributed by atoms with Crippen LogP contribution in [0.25, 0.3) is 0 Å². The first-order chi connectivity index (χ1) is 17.0. The predicted octanol–water partition coefficient (Wildman–Crippen LogP) is 4.75. The largest absolute Gasteiger partial charge is 0.466 e. The number of piperidine rings is 1. The van der Waals surface area contributed by atoms with E-state index in [9.17, 15) is 14.4 Å². The second-order valence-electron chi connectivity index (χ2n) is 9.67. The summed E-state index contributed by atoms with van der Waals surface area (Å²) in [7, 11) is 0. The number of ether oxygens (including phenoxy) is 1. The summed E-state index contributed by atoms with van der Waals surface area (Å²) in [6, 6.07) is 17.8. The summed E-state index contributed by atoms with van der Waals surface area (Å²) in [5, 5.41) is 0. The summed E-state index contributed by atoms with van der Waals surface area (Å²) in [5.41, 5.74) is 2.79. The first-order valence-electron chi connectivity index (χ1n) is 12.9. The maximum absolute atomic E-state index is 13.5. The number of anilines is 1. The smallest absolute Gasteiger partial charge is 0.310 e. The maximum atomic E-state index is 13.5. The van der Waals surface area contributed by atoms with E-state index >= 15 is 0 Å². The van der Waals surface area contributed by atoms with E-state index in [0.717, 1.165) is 55.3 Å². The first-order valence-corrected chi connectivity index (χ1v) is 12.9. The highest BCUT2D eigenvalue weighted by Gasteiger charge is 2.30. The van der Waals surface area contributed by atoms with Gasteiger partial charge in [0.2, 0.25) is 11.8 Å². The molecule has 0 aromatic heterocycles. The molecule has 1 heterocycles. The minimum Gasteiger partial charge on any atom is -0.466 e. The second-order valence-corrected chi connectivity index (χ2v) is 9.67. The van der Waals surface area contributed by atoms with Crippen LogP contribution in [0.4, 0.5) is 5.69 Å². The zero-order valence-corrected chi connectivity index (χ0v) is 20.7. The van der Waals surface area contributed by atoms with Crippen molar-refractivity contribution in [3.05, 3.63) is 65.7 Å². The summed E-state index contributed by atoms with van der Waals surface area (Å²) in [6.07, 6.45) is 5.91. The lowest BCUT2D eigenvalue weighted by atomic mass is 9.97. The van der Waals surface area contributed by atoms with E-state index < -0.39 is 0 Å². The van der Waals surface area contributed by atoms with Gasteiger partial charge in [-0.15, -0.1) is 0 Å². The summed E-state index contributed by atoms with van der Waals surface area (Å²) in [4.78, 5) is 42.4. The van der Waals surface area contributed by atoms with Crippen LogP contribution in [-0.4, -0.2) is 42.4 Å². The minimum absolute atomic E-state index is 0.00729. The van der Waals surface area contributed by atoms with Crippen LogP contribution < -0.4 is 4.90 Å². The summed E-state index contributed by atoms with van der Waals surface area (Å²) >= 11 is 0. The van der Waals surface area contributed by atoms with Crippen LogP contribution in [0.15, 0.2) is 54.6 Å². The van der Waals surface area contributed by atoms with Gasteiger partial charge < -0.3 is 14.5 Å². The van der Waals surface area contributed by atoms with Crippen LogP contribution in [0, 0.1) is 11.8 Å². The van der Waals surface area contributed by atoms with E-state index in [1.54, 1.807) is 11.8 Å². The van der Waals surface area contributed by atoms with E-state index in [0.29, 0.717) is 26.2 Å². The molecule has 2 aromatic rings. The van der Waals surface area contributed by atoms with Crippen molar-refractivity contribution in [2.24, 2.45) is 11.8 Å². The number of rotatable bonds is 8. The number of hydrogen-bond acceptors (Lipinski definition) is 4. The lowest BCUT2D eigenvalue weighted by molar-refractivity contribution is -0.151. The van der Waals surface area contributed by atoms with Gasteiger partial charge in [-0.05, 0) is 55.9 Å². The molecular formula is C29H36N2O4. The van der Waals surface area contributed by atoms with Gasteiger partial charge in [0.05, 0.1) is 25.5 Å². The number of amides is 2. The molecule has 0 unspecified atom stereocenters. The van der Waals surface area contributed by atoms with Crippen LogP contribution in [-0.2, 0) is 32.1 Å². The molecule has 0 N–H and O–H groups in total. The number of carbonyl (C=O) groups is 3. The maximum Gasteiger partial charge on any atom is 0.310 e. The van der Waals surface area contributed by atoms with Crippen LogP contribution in [0.3, 0.4) is 0 Å². The highest BCUT2D eigenvalue weighted by atomic mass is 16.5. The van der Waals surface area contributed by atoms with Crippen molar-refractivity contribution in [3.8, 4) is 0 Å². The summed E-state index contributed by atoms with van der Waals surface area (Å²) in [5.74, 6) is -0.216. The number of hydrogen-bond donors (Lipinski definition) is 0. The van der Waals surface area contributed by atoms with Gasteiger partial charge in [-0.3, -0.25) is 14.4 Å². The molecule has 0 bridgehead atoms. The molecule has 1 aliphatic carbocycles. The molecule has 186 valence electrons. The van der Waals surface area contributed by atoms with Gasteiger partial charge >= 0.3 is 5.97 Å². The quantitative estimate of drug-likeness (QED) is 0.516. The third-order valence-corrected chi connectivity index (χ3v) is 7.13. The molecule has 2 amide bonds. The van der Waals surface area contributed by atoms with Gasteiger partial charge in [0.25, 0.3) is 0 Å². The molecule has 1 atom stereocenters. The van der Waals surface area contributed by atoms with Crippen molar-refractivity contribution >= 4 is 23.5 Å². The molecule has 6 heteroatoms. The Bertz CT molecular complexity index is 1020.